The highest BCUT2D eigenvalue weighted by Gasteiger charge is 2.32. The van der Waals surface area contributed by atoms with Crippen molar-refractivity contribution in [1.29, 1.82) is 5.26 Å². The SMILES string of the molecule is N#C/C(=C/c1ccccc1C(F)(F)F)C(N)=O. The topological polar surface area (TPSA) is 66.9 Å². The number of hydrogen-bond donors (Lipinski definition) is 1. The van der Waals surface area contributed by atoms with Crippen LogP contribution in [0.4, 0.5) is 13.2 Å². The second-order valence-electron chi connectivity index (χ2n) is 3.12. The van der Waals surface area contributed by atoms with Gasteiger partial charge in [0.25, 0.3) is 5.91 Å². The van der Waals surface area contributed by atoms with E-state index in [0.717, 1.165) is 18.2 Å². The van der Waals surface area contributed by atoms with Gasteiger partial charge in [0.05, 0.1) is 5.56 Å². The van der Waals surface area contributed by atoms with E-state index < -0.39 is 23.2 Å². The second kappa shape index (κ2) is 4.70. The van der Waals surface area contributed by atoms with E-state index in [4.69, 9.17) is 11.0 Å². The van der Waals surface area contributed by atoms with Crippen molar-refractivity contribution in [3.05, 3.63) is 41.0 Å². The summed E-state index contributed by atoms with van der Waals surface area (Å²) in [7, 11) is 0. The van der Waals surface area contributed by atoms with Gasteiger partial charge < -0.3 is 5.73 Å². The maximum Gasteiger partial charge on any atom is 0.416 e. The number of nitrogens with two attached hydrogens (primary N) is 1. The van der Waals surface area contributed by atoms with Gasteiger partial charge in [-0.05, 0) is 17.7 Å². The predicted molar refractivity (Wildman–Crippen MR) is 54.2 cm³/mol. The Morgan fingerprint density at radius 1 is 1.35 bits per heavy atom. The van der Waals surface area contributed by atoms with Crippen LogP contribution >= 0.6 is 0 Å². The van der Waals surface area contributed by atoms with Crippen LogP contribution in [0.15, 0.2) is 29.8 Å². The second-order valence-corrected chi connectivity index (χ2v) is 3.12. The Balaban J connectivity index is 3.34. The third kappa shape index (κ3) is 3.08. The molecule has 0 aliphatic heterocycles. The van der Waals surface area contributed by atoms with Gasteiger partial charge in [-0.25, -0.2) is 0 Å². The zero-order valence-electron chi connectivity index (χ0n) is 8.45. The van der Waals surface area contributed by atoms with E-state index in [1.165, 1.54) is 18.2 Å². The lowest BCUT2D eigenvalue weighted by atomic mass is 10.0. The molecule has 0 saturated heterocycles. The number of benzene rings is 1. The summed E-state index contributed by atoms with van der Waals surface area (Å²) in [5.41, 5.74) is 3.13. The van der Waals surface area contributed by atoms with E-state index in [-0.39, 0.29) is 5.56 Å². The van der Waals surface area contributed by atoms with Crippen LogP contribution in [0.2, 0.25) is 0 Å². The van der Waals surface area contributed by atoms with E-state index >= 15 is 0 Å². The van der Waals surface area contributed by atoms with Crippen molar-refractivity contribution in [1.82, 2.24) is 0 Å². The maximum absolute atomic E-state index is 12.6. The minimum absolute atomic E-state index is 0.268. The Hall–Kier alpha value is -2.29. The van der Waals surface area contributed by atoms with Crippen molar-refractivity contribution >= 4 is 12.0 Å². The highest BCUT2D eigenvalue weighted by molar-refractivity contribution is 6.00. The normalized spacial score (nSPS) is 12.0. The van der Waals surface area contributed by atoms with Gasteiger partial charge in [-0.2, -0.15) is 18.4 Å². The Labute approximate surface area is 95.0 Å². The maximum atomic E-state index is 12.6. The lowest BCUT2D eigenvalue weighted by Gasteiger charge is -2.09. The predicted octanol–water partition coefficient (Wildman–Crippen LogP) is 2.10. The van der Waals surface area contributed by atoms with E-state index in [2.05, 4.69) is 0 Å². The molecule has 0 spiro atoms. The summed E-state index contributed by atoms with van der Waals surface area (Å²) in [4.78, 5) is 10.7. The third-order valence-corrected chi connectivity index (χ3v) is 1.95. The number of nitriles is 1. The molecule has 0 heterocycles. The zero-order valence-corrected chi connectivity index (χ0v) is 8.45. The molecule has 88 valence electrons. The van der Waals surface area contributed by atoms with Crippen molar-refractivity contribution in [3.63, 3.8) is 0 Å². The van der Waals surface area contributed by atoms with Gasteiger partial charge in [0.2, 0.25) is 0 Å². The van der Waals surface area contributed by atoms with Crippen molar-refractivity contribution < 1.29 is 18.0 Å². The fourth-order valence-corrected chi connectivity index (χ4v) is 1.20. The Bertz CT molecular complexity index is 512. The summed E-state index contributed by atoms with van der Waals surface area (Å²) in [6, 6.07) is 6.06. The van der Waals surface area contributed by atoms with Gasteiger partial charge >= 0.3 is 6.18 Å². The summed E-state index contributed by atoms with van der Waals surface area (Å²) in [5, 5.41) is 8.55. The number of halogens is 3. The van der Waals surface area contributed by atoms with Gasteiger partial charge in [0.1, 0.15) is 11.6 Å². The van der Waals surface area contributed by atoms with Crippen LogP contribution < -0.4 is 5.73 Å². The largest absolute Gasteiger partial charge is 0.416 e. The van der Waals surface area contributed by atoms with Gasteiger partial charge in [-0.15, -0.1) is 0 Å². The molecule has 0 aliphatic rings. The molecule has 1 rings (SSSR count). The van der Waals surface area contributed by atoms with E-state index in [1.54, 1.807) is 0 Å². The molecule has 1 aromatic carbocycles. The van der Waals surface area contributed by atoms with Gasteiger partial charge in [-0.3, -0.25) is 4.79 Å². The molecule has 17 heavy (non-hydrogen) atoms. The van der Waals surface area contributed by atoms with E-state index in [0.29, 0.717) is 0 Å². The monoisotopic (exact) mass is 240 g/mol. The fraction of sp³-hybridized carbons (Fsp3) is 0.0909. The van der Waals surface area contributed by atoms with Crippen LogP contribution in [0.3, 0.4) is 0 Å². The quantitative estimate of drug-likeness (QED) is 0.635. The number of alkyl halides is 3. The van der Waals surface area contributed by atoms with Crippen LogP contribution in [0.25, 0.3) is 6.08 Å². The minimum atomic E-state index is -4.55. The number of primary amides is 1. The molecular formula is C11H7F3N2O. The third-order valence-electron chi connectivity index (χ3n) is 1.95. The first-order valence-corrected chi connectivity index (χ1v) is 4.44. The van der Waals surface area contributed by atoms with Crippen molar-refractivity contribution in [2.45, 2.75) is 6.18 Å². The Kier molecular flexibility index (Phi) is 3.53. The van der Waals surface area contributed by atoms with Gasteiger partial charge in [0, 0.05) is 0 Å². The molecular weight excluding hydrogens is 233 g/mol. The molecule has 0 atom stereocenters. The average Bonchev–Trinajstić information content (AvgIpc) is 2.24. The molecule has 1 amide bonds. The summed E-state index contributed by atoms with van der Waals surface area (Å²) in [6.45, 7) is 0. The number of rotatable bonds is 2. The molecule has 0 fully saturated rings. The zero-order chi connectivity index (χ0) is 13.1. The minimum Gasteiger partial charge on any atom is -0.365 e. The summed E-state index contributed by atoms with van der Waals surface area (Å²) in [6.07, 6.45) is -3.73. The average molecular weight is 240 g/mol. The van der Waals surface area contributed by atoms with Crippen molar-refractivity contribution in [3.8, 4) is 6.07 Å². The highest BCUT2D eigenvalue weighted by atomic mass is 19.4. The molecule has 0 aromatic heterocycles. The molecule has 0 unspecified atom stereocenters. The smallest absolute Gasteiger partial charge is 0.365 e. The van der Waals surface area contributed by atoms with Crippen LogP contribution in [0.5, 0.6) is 0 Å². The van der Waals surface area contributed by atoms with E-state index in [9.17, 15) is 18.0 Å². The van der Waals surface area contributed by atoms with Crippen molar-refractivity contribution in [2.24, 2.45) is 5.73 Å². The first-order chi connectivity index (χ1) is 7.86. The van der Waals surface area contributed by atoms with Crippen LogP contribution in [-0.2, 0) is 11.0 Å². The van der Waals surface area contributed by atoms with Crippen LogP contribution in [-0.4, -0.2) is 5.91 Å². The molecule has 2 N–H and O–H groups in total. The van der Waals surface area contributed by atoms with E-state index in [1.807, 2.05) is 0 Å². The lowest BCUT2D eigenvalue weighted by molar-refractivity contribution is -0.137. The first kappa shape index (κ1) is 12.8. The Morgan fingerprint density at radius 3 is 2.41 bits per heavy atom. The van der Waals surface area contributed by atoms with Gasteiger partial charge in [-0.1, -0.05) is 18.2 Å². The first-order valence-electron chi connectivity index (χ1n) is 4.44. The standard InChI is InChI=1S/C11H7F3N2O/c12-11(13,14)9-4-2-1-3-7(9)5-8(6-15)10(16)17/h1-5H,(H2,16,17)/b8-5-. The summed E-state index contributed by atoms with van der Waals surface area (Å²) >= 11 is 0. The van der Waals surface area contributed by atoms with Crippen LogP contribution in [0, 0.1) is 11.3 Å². The molecule has 3 nitrogen and oxygen atoms in total. The molecule has 6 heteroatoms. The molecule has 0 bridgehead atoms. The molecule has 0 aliphatic carbocycles. The molecule has 1 aromatic rings. The number of carbonyl (C=O) groups excluding carboxylic acids is 1. The molecule has 0 radical (unpaired) electrons. The number of nitrogens with zero attached hydrogens (tertiary/aromatic N) is 1. The number of amides is 1. The summed E-state index contributed by atoms with van der Waals surface area (Å²) in [5.74, 6) is -1.07. The number of hydrogen-bond acceptors (Lipinski definition) is 2. The highest BCUT2D eigenvalue weighted by Crippen LogP contribution is 2.32. The number of carbonyl (C=O) groups is 1. The van der Waals surface area contributed by atoms with Crippen molar-refractivity contribution in [2.75, 3.05) is 0 Å². The van der Waals surface area contributed by atoms with Crippen LogP contribution in [0.1, 0.15) is 11.1 Å². The fourth-order valence-electron chi connectivity index (χ4n) is 1.20. The molecule has 0 saturated carbocycles. The lowest BCUT2D eigenvalue weighted by Crippen LogP contribution is -2.13. The Morgan fingerprint density at radius 2 is 1.94 bits per heavy atom. The van der Waals surface area contributed by atoms with Gasteiger partial charge in [0.15, 0.2) is 0 Å². The summed E-state index contributed by atoms with van der Waals surface area (Å²) < 4.78 is 37.7.